The van der Waals surface area contributed by atoms with Gasteiger partial charge in [-0.05, 0) is 43.2 Å². The van der Waals surface area contributed by atoms with Crippen LogP contribution in [0.1, 0.15) is 19.3 Å². The van der Waals surface area contributed by atoms with Crippen LogP contribution in [0, 0.1) is 29.3 Å². The predicted octanol–water partition coefficient (Wildman–Crippen LogP) is 3.36. The Morgan fingerprint density at radius 2 is 1.83 bits per heavy atom. The number of nitrogens with zero attached hydrogens (tertiary/aromatic N) is 7. The first-order chi connectivity index (χ1) is 17.0. The third-order valence-electron chi connectivity index (χ3n) is 7.24. The summed E-state index contributed by atoms with van der Waals surface area (Å²) >= 11 is 0. The quantitative estimate of drug-likeness (QED) is 0.550. The first-order valence-electron chi connectivity index (χ1n) is 11.7. The Hall–Kier alpha value is -3.57. The lowest BCUT2D eigenvalue weighted by Crippen LogP contribution is -2.48. The summed E-state index contributed by atoms with van der Waals surface area (Å²) in [6.07, 6.45) is 4.36. The van der Waals surface area contributed by atoms with Crippen molar-refractivity contribution in [1.82, 2.24) is 24.7 Å². The highest BCUT2D eigenvalue weighted by Gasteiger charge is 2.43. The molecule has 3 aliphatic rings. The molecule has 1 N–H and O–H groups in total. The number of aromatic nitrogens is 5. The molecule has 1 saturated carbocycles. The number of hydrogen-bond acceptors (Lipinski definition) is 8. The highest BCUT2D eigenvalue weighted by Crippen LogP contribution is 2.40. The molecule has 3 aromatic rings. The monoisotopic (exact) mass is 486 g/mol. The predicted molar refractivity (Wildman–Crippen MR) is 122 cm³/mol. The molecule has 0 unspecified atom stereocenters. The van der Waals surface area contributed by atoms with Gasteiger partial charge >= 0.3 is 0 Å². The summed E-state index contributed by atoms with van der Waals surface area (Å²) in [7, 11) is 1.59. The van der Waals surface area contributed by atoms with Crippen molar-refractivity contribution in [3.8, 4) is 5.88 Å². The third-order valence-corrected chi connectivity index (χ3v) is 7.24. The summed E-state index contributed by atoms with van der Waals surface area (Å²) in [5.41, 5.74) is -0.0440. The molecule has 2 aromatic heterocycles. The fourth-order valence-corrected chi connectivity index (χ4v) is 5.58. The van der Waals surface area contributed by atoms with Gasteiger partial charge in [-0.1, -0.05) is 0 Å². The standard InChI is InChI=1S/C23H25F3N8O/c1-35-18-9-17(27-12-28-18)32-10-13-3-4-14(11-32)21(13)29-22-30-23-33(7-2-8-34(23)31-22)16-6-5-15(24)19(25)20(16)26/h5-6,9,12-14,21H,2-4,7-8,10-11H2,1H3,(H,29,31)/t13-,14-/m1/s1. The summed E-state index contributed by atoms with van der Waals surface area (Å²) in [6, 6.07) is 4.22. The van der Waals surface area contributed by atoms with Crippen molar-refractivity contribution in [1.29, 1.82) is 0 Å². The molecule has 4 heterocycles. The molecule has 2 atom stereocenters. The van der Waals surface area contributed by atoms with Crippen molar-refractivity contribution in [3.63, 3.8) is 0 Å². The minimum Gasteiger partial charge on any atom is -0.481 e. The number of hydrogen-bond donors (Lipinski definition) is 1. The lowest BCUT2D eigenvalue weighted by atomic mass is 9.92. The van der Waals surface area contributed by atoms with E-state index in [1.165, 1.54) is 12.4 Å². The lowest BCUT2D eigenvalue weighted by molar-refractivity contribution is 0.372. The van der Waals surface area contributed by atoms with Gasteiger partial charge in [0.2, 0.25) is 17.8 Å². The summed E-state index contributed by atoms with van der Waals surface area (Å²) in [4.78, 5) is 17.0. The van der Waals surface area contributed by atoms with Gasteiger partial charge in [-0.2, -0.15) is 4.98 Å². The molecule has 2 aliphatic heterocycles. The molecule has 9 nitrogen and oxygen atoms in total. The van der Waals surface area contributed by atoms with Crippen molar-refractivity contribution in [2.45, 2.75) is 31.8 Å². The number of piperidine rings is 1. The summed E-state index contributed by atoms with van der Waals surface area (Å²) in [5, 5.41) is 8.12. The Labute approximate surface area is 199 Å². The van der Waals surface area contributed by atoms with Crippen LogP contribution in [0.3, 0.4) is 0 Å². The molecule has 0 spiro atoms. The van der Waals surface area contributed by atoms with Crippen LogP contribution in [0.2, 0.25) is 0 Å². The molecule has 6 rings (SSSR count). The van der Waals surface area contributed by atoms with Gasteiger partial charge in [0.25, 0.3) is 0 Å². The second-order valence-corrected chi connectivity index (χ2v) is 9.25. The van der Waals surface area contributed by atoms with E-state index in [4.69, 9.17) is 4.74 Å². The second kappa shape index (κ2) is 8.58. The number of nitrogens with one attached hydrogen (secondary N) is 1. The summed E-state index contributed by atoms with van der Waals surface area (Å²) in [6.45, 7) is 2.74. The van der Waals surface area contributed by atoms with Crippen LogP contribution in [0.4, 0.5) is 36.6 Å². The van der Waals surface area contributed by atoms with E-state index >= 15 is 0 Å². The number of benzene rings is 1. The molecule has 184 valence electrons. The summed E-state index contributed by atoms with van der Waals surface area (Å²) < 4.78 is 48.8. The zero-order valence-corrected chi connectivity index (χ0v) is 19.2. The lowest BCUT2D eigenvalue weighted by Gasteiger charge is -2.38. The zero-order valence-electron chi connectivity index (χ0n) is 19.2. The van der Waals surface area contributed by atoms with Crippen LogP contribution in [0.5, 0.6) is 5.88 Å². The fraction of sp³-hybridized carbons (Fsp3) is 0.478. The Balaban J connectivity index is 1.21. The maximum atomic E-state index is 14.5. The summed E-state index contributed by atoms with van der Waals surface area (Å²) in [5.74, 6) is -0.871. The van der Waals surface area contributed by atoms with Gasteiger partial charge in [0.05, 0.1) is 12.8 Å². The van der Waals surface area contributed by atoms with Gasteiger partial charge < -0.3 is 19.9 Å². The van der Waals surface area contributed by atoms with Crippen molar-refractivity contribution < 1.29 is 17.9 Å². The van der Waals surface area contributed by atoms with Crippen molar-refractivity contribution >= 4 is 23.4 Å². The minimum absolute atomic E-state index is 0.0440. The van der Waals surface area contributed by atoms with Crippen LogP contribution in [0.15, 0.2) is 24.5 Å². The highest BCUT2D eigenvalue weighted by atomic mass is 19.2. The molecule has 2 bridgehead atoms. The van der Waals surface area contributed by atoms with Crippen LogP contribution in [-0.4, -0.2) is 57.5 Å². The zero-order chi connectivity index (χ0) is 24.1. The molecule has 0 radical (unpaired) electrons. The van der Waals surface area contributed by atoms with E-state index in [1.54, 1.807) is 16.7 Å². The van der Waals surface area contributed by atoms with E-state index in [-0.39, 0.29) is 11.7 Å². The molecule has 1 saturated heterocycles. The number of fused-ring (bicyclic) bond motifs is 3. The average Bonchev–Trinajstić information content (AvgIpc) is 3.38. The Kier molecular flexibility index (Phi) is 5.37. The molecular formula is C23H25F3N8O. The topological polar surface area (TPSA) is 84.2 Å². The van der Waals surface area contributed by atoms with Gasteiger partial charge in [0.15, 0.2) is 17.5 Å². The molecule has 1 aliphatic carbocycles. The minimum atomic E-state index is -1.48. The van der Waals surface area contributed by atoms with Gasteiger partial charge in [-0.3, -0.25) is 0 Å². The van der Waals surface area contributed by atoms with Gasteiger partial charge in [0.1, 0.15) is 12.1 Å². The first-order valence-corrected chi connectivity index (χ1v) is 11.7. The molecule has 2 fully saturated rings. The molecule has 0 amide bonds. The second-order valence-electron chi connectivity index (χ2n) is 9.25. The van der Waals surface area contributed by atoms with E-state index in [0.717, 1.165) is 37.8 Å². The Morgan fingerprint density at radius 1 is 1.03 bits per heavy atom. The fourth-order valence-electron chi connectivity index (χ4n) is 5.58. The van der Waals surface area contributed by atoms with E-state index in [9.17, 15) is 13.2 Å². The Bertz CT molecular complexity index is 1240. The number of ether oxygens (including phenoxy) is 1. The van der Waals surface area contributed by atoms with Gasteiger partial charge in [-0.25, -0.2) is 27.8 Å². The SMILES string of the molecule is COc1cc(N2C[C@H]3CC[C@H](C2)C3Nc2nc3n(n2)CCCN3c2ccc(F)c(F)c2F)ncn1. The first kappa shape index (κ1) is 21.9. The largest absolute Gasteiger partial charge is 0.481 e. The van der Waals surface area contributed by atoms with Crippen molar-refractivity contribution in [3.05, 3.63) is 42.0 Å². The van der Waals surface area contributed by atoms with Gasteiger partial charge in [0, 0.05) is 38.3 Å². The van der Waals surface area contributed by atoms with Crippen molar-refractivity contribution in [2.24, 2.45) is 11.8 Å². The van der Waals surface area contributed by atoms with Crippen LogP contribution in [-0.2, 0) is 6.54 Å². The Morgan fingerprint density at radius 3 is 2.60 bits per heavy atom. The number of anilines is 4. The van der Waals surface area contributed by atoms with E-state index in [0.29, 0.717) is 49.1 Å². The number of rotatable bonds is 5. The number of halogens is 3. The maximum Gasteiger partial charge on any atom is 0.244 e. The molecular weight excluding hydrogens is 461 g/mol. The van der Waals surface area contributed by atoms with Crippen LogP contribution < -0.4 is 19.9 Å². The van der Waals surface area contributed by atoms with Gasteiger partial charge in [-0.15, -0.1) is 5.10 Å². The van der Waals surface area contributed by atoms with E-state index in [2.05, 4.69) is 30.3 Å². The molecule has 12 heteroatoms. The molecule has 35 heavy (non-hydrogen) atoms. The number of aryl methyl sites for hydroxylation is 1. The third kappa shape index (κ3) is 3.80. The van der Waals surface area contributed by atoms with Crippen molar-refractivity contribution in [2.75, 3.05) is 41.9 Å². The van der Waals surface area contributed by atoms with E-state index < -0.39 is 17.5 Å². The normalized spacial score (nSPS) is 23.4. The molecule has 1 aromatic carbocycles. The number of methoxy groups -OCH3 is 1. The smallest absolute Gasteiger partial charge is 0.244 e. The van der Waals surface area contributed by atoms with Crippen LogP contribution in [0.25, 0.3) is 0 Å². The highest BCUT2D eigenvalue weighted by molar-refractivity contribution is 5.60. The average molecular weight is 487 g/mol. The van der Waals surface area contributed by atoms with E-state index in [1.807, 2.05) is 6.07 Å². The maximum absolute atomic E-state index is 14.5. The van der Waals surface area contributed by atoms with Crippen LogP contribution >= 0.6 is 0 Å².